The summed E-state index contributed by atoms with van der Waals surface area (Å²) in [5, 5.41) is -0.464. The van der Waals surface area contributed by atoms with Crippen LogP contribution in [0.1, 0.15) is 13.3 Å². The highest BCUT2D eigenvalue weighted by Gasteiger charge is 2.34. The average molecular weight is 253 g/mol. The van der Waals surface area contributed by atoms with Gasteiger partial charge in [-0.25, -0.2) is 8.42 Å². The Morgan fingerprint density at radius 1 is 1.29 bits per heavy atom. The molecule has 1 aliphatic rings. The summed E-state index contributed by atoms with van der Waals surface area (Å²) in [6, 6.07) is 8.42. The Hall–Kier alpha value is -1.36. The van der Waals surface area contributed by atoms with Crippen LogP contribution in [0.5, 0.6) is 0 Å². The predicted molar refractivity (Wildman–Crippen MR) is 64.3 cm³/mol. The van der Waals surface area contributed by atoms with Crippen LogP contribution in [0.3, 0.4) is 0 Å². The van der Waals surface area contributed by atoms with Crippen LogP contribution in [0.15, 0.2) is 35.2 Å². The molecule has 1 heterocycles. The summed E-state index contributed by atoms with van der Waals surface area (Å²) in [5.41, 5.74) is 0. The first-order chi connectivity index (χ1) is 8.01. The van der Waals surface area contributed by atoms with Gasteiger partial charge < -0.3 is 4.90 Å². The monoisotopic (exact) mass is 253 g/mol. The highest BCUT2D eigenvalue weighted by Crippen LogP contribution is 2.23. The van der Waals surface area contributed by atoms with Crippen LogP contribution in [-0.4, -0.2) is 37.6 Å². The van der Waals surface area contributed by atoms with E-state index < -0.39 is 15.1 Å². The summed E-state index contributed by atoms with van der Waals surface area (Å²) in [5.74, 6) is -0.0595. The molecule has 0 radical (unpaired) electrons. The molecular formula is C12H15NO3S. The van der Waals surface area contributed by atoms with Crippen LogP contribution in [0.25, 0.3) is 0 Å². The first-order valence-corrected chi connectivity index (χ1v) is 7.11. The Labute approximate surface area is 101 Å². The molecule has 0 bridgehead atoms. The van der Waals surface area contributed by atoms with E-state index in [2.05, 4.69) is 0 Å². The Morgan fingerprint density at radius 2 is 1.94 bits per heavy atom. The third-order valence-corrected chi connectivity index (χ3v) is 5.29. The maximum Gasteiger partial charge on any atom is 0.219 e. The molecule has 0 spiro atoms. The number of hydrogen-bond donors (Lipinski definition) is 0. The van der Waals surface area contributed by atoms with Gasteiger partial charge in [0.2, 0.25) is 5.91 Å². The normalized spacial score (nSPS) is 20.5. The highest BCUT2D eigenvalue weighted by molar-refractivity contribution is 7.92. The van der Waals surface area contributed by atoms with E-state index in [1.54, 1.807) is 35.2 Å². The van der Waals surface area contributed by atoms with Crippen LogP contribution in [-0.2, 0) is 14.6 Å². The van der Waals surface area contributed by atoms with Crippen molar-refractivity contribution in [3.63, 3.8) is 0 Å². The van der Waals surface area contributed by atoms with E-state index in [4.69, 9.17) is 0 Å². The lowest BCUT2D eigenvalue weighted by atomic mass is 10.4. The Kier molecular flexibility index (Phi) is 3.19. The molecule has 17 heavy (non-hydrogen) atoms. The van der Waals surface area contributed by atoms with E-state index in [1.165, 1.54) is 6.92 Å². The molecule has 2 rings (SSSR count). The van der Waals surface area contributed by atoms with E-state index in [-0.39, 0.29) is 5.91 Å². The van der Waals surface area contributed by atoms with Gasteiger partial charge in [0.05, 0.1) is 10.1 Å². The highest BCUT2D eigenvalue weighted by atomic mass is 32.2. The quantitative estimate of drug-likeness (QED) is 0.792. The minimum Gasteiger partial charge on any atom is -0.342 e. The standard InChI is InChI=1S/C12H15NO3S/c1-10(14)13-8-7-12(9-13)17(15,16)11-5-3-2-4-6-11/h2-6,12H,7-9H2,1H3/t12-/m0/s1. The molecule has 4 nitrogen and oxygen atoms in total. The van der Waals surface area contributed by atoms with Gasteiger partial charge in [0.25, 0.3) is 0 Å². The van der Waals surface area contributed by atoms with Crippen LogP contribution < -0.4 is 0 Å². The van der Waals surface area contributed by atoms with Gasteiger partial charge in [-0.1, -0.05) is 18.2 Å². The molecule has 92 valence electrons. The van der Waals surface area contributed by atoms with Gasteiger partial charge in [-0.05, 0) is 18.6 Å². The maximum absolute atomic E-state index is 12.3. The minimum absolute atomic E-state index is 0.0595. The lowest BCUT2D eigenvalue weighted by molar-refractivity contribution is -0.127. The zero-order valence-electron chi connectivity index (χ0n) is 9.67. The summed E-state index contributed by atoms with van der Waals surface area (Å²) in [6.07, 6.45) is 0.525. The number of hydrogen-bond acceptors (Lipinski definition) is 3. The van der Waals surface area contributed by atoms with Crippen molar-refractivity contribution in [2.24, 2.45) is 0 Å². The SMILES string of the molecule is CC(=O)N1CC[C@H](S(=O)(=O)c2ccccc2)C1. The van der Waals surface area contributed by atoms with Crippen molar-refractivity contribution in [1.29, 1.82) is 0 Å². The summed E-state index contributed by atoms with van der Waals surface area (Å²) < 4.78 is 24.5. The van der Waals surface area contributed by atoms with Crippen molar-refractivity contribution >= 4 is 15.7 Å². The van der Waals surface area contributed by atoms with Gasteiger partial charge in [0.15, 0.2) is 9.84 Å². The molecule has 1 fully saturated rings. The fourth-order valence-corrected chi connectivity index (χ4v) is 3.78. The molecule has 1 aromatic rings. The average Bonchev–Trinajstić information content (AvgIpc) is 2.80. The molecule has 1 atom stereocenters. The van der Waals surface area contributed by atoms with Crippen LogP contribution in [0.4, 0.5) is 0 Å². The second kappa shape index (κ2) is 4.49. The molecule has 0 aromatic heterocycles. The Morgan fingerprint density at radius 3 is 2.47 bits per heavy atom. The van der Waals surface area contributed by atoms with Gasteiger partial charge >= 0.3 is 0 Å². The molecule has 0 N–H and O–H groups in total. The summed E-state index contributed by atoms with van der Waals surface area (Å²) in [6.45, 7) is 2.32. The van der Waals surface area contributed by atoms with Gasteiger partial charge in [0.1, 0.15) is 0 Å². The first kappa shape index (κ1) is 12.1. The second-order valence-electron chi connectivity index (χ2n) is 4.23. The Bertz CT molecular complexity index is 510. The van der Waals surface area contributed by atoms with Crippen molar-refractivity contribution in [1.82, 2.24) is 4.90 Å². The number of nitrogens with zero attached hydrogens (tertiary/aromatic N) is 1. The van der Waals surface area contributed by atoms with E-state index >= 15 is 0 Å². The first-order valence-electron chi connectivity index (χ1n) is 5.56. The van der Waals surface area contributed by atoms with Crippen molar-refractivity contribution in [2.45, 2.75) is 23.5 Å². The van der Waals surface area contributed by atoms with Crippen LogP contribution >= 0.6 is 0 Å². The third kappa shape index (κ3) is 2.34. The number of carbonyl (C=O) groups excluding carboxylic acids is 1. The molecule has 1 aliphatic heterocycles. The van der Waals surface area contributed by atoms with Gasteiger partial charge in [0, 0.05) is 20.0 Å². The lowest BCUT2D eigenvalue weighted by Gasteiger charge is -2.14. The number of benzene rings is 1. The van der Waals surface area contributed by atoms with E-state index in [9.17, 15) is 13.2 Å². The minimum atomic E-state index is -3.30. The number of sulfone groups is 1. The van der Waals surface area contributed by atoms with Crippen LogP contribution in [0, 0.1) is 0 Å². The summed E-state index contributed by atoms with van der Waals surface area (Å²) in [7, 11) is -3.30. The molecule has 0 unspecified atom stereocenters. The molecule has 0 saturated carbocycles. The number of likely N-dealkylation sites (tertiary alicyclic amines) is 1. The van der Waals surface area contributed by atoms with E-state index in [0.717, 1.165) is 0 Å². The summed E-state index contributed by atoms with van der Waals surface area (Å²) in [4.78, 5) is 13.1. The fourth-order valence-electron chi connectivity index (χ4n) is 2.07. The fraction of sp³-hybridized carbons (Fsp3) is 0.417. The van der Waals surface area contributed by atoms with Crippen molar-refractivity contribution < 1.29 is 13.2 Å². The third-order valence-electron chi connectivity index (χ3n) is 3.10. The predicted octanol–water partition coefficient (Wildman–Crippen LogP) is 1.08. The molecule has 5 heteroatoms. The van der Waals surface area contributed by atoms with Crippen LogP contribution in [0.2, 0.25) is 0 Å². The molecule has 1 amide bonds. The largest absolute Gasteiger partial charge is 0.342 e. The second-order valence-corrected chi connectivity index (χ2v) is 6.46. The van der Waals surface area contributed by atoms with Crippen molar-refractivity contribution in [2.75, 3.05) is 13.1 Å². The summed E-state index contributed by atoms with van der Waals surface area (Å²) >= 11 is 0. The number of rotatable bonds is 2. The van der Waals surface area contributed by atoms with Crippen molar-refractivity contribution in [3.8, 4) is 0 Å². The van der Waals surface area contributed by atoms with Gasteiger partial charge in [-0.3, -0.25) is 4.79 Å². The van der Waals surface area contributed by atoms with E-state index in [1.807, 2.05) is 0 Å². The lowest BCUT2D eigenvalue weighted by Crippen LogP contribution is -2.30. The number of amides is 1. The van der Waals surface area contributed by atoms with Gasteiger partial charge in [-0.2, -0.15) is 0 Å². The van der Waals surface area contributed by atoms with Crippen molar-refractivity contribution in [3.05, 3.63) is 30.3 Å². The molecule has 1 aromatic carbocycles. The zero-order chi connectivity index (χ0) is 12.5. The number of carbonyl (C=O) groups is 1. The molecular weight excluding hydrogens is 238 g/mol. The van der Waals surface area contributed by atoms with E-state index in [0.29, 0.717) is 24.4 Å². The Balaban J connectivity index is 2.22. The van der Waals surface area contributed by atoms with Gasteiger partial charge in [-0.15, -0.1) is 0 Å². The maximum atomic E-state index is 12.3. The topological polar surface area (TPSA) is 54.5 Å². The molecule has 0 aliphatic carbocycles. The smallest absolute Gasteiger partial charge is 0.219 e. The molecule has 1 saturated heterocycles. The zero-order valence-corrected chi connectivity index (χ0v) is 10.5.